The first-order chi connectivity index (χ1) is 20.4. The Labute approximate surface area is 253 Å². The Morgan fingerprint density at radius 2 is 1.77 bits per heavy atom. The number of anilines is 1. The minimum absolute atomic E-state index is 0.0239. The highest BCUT2D eigenvalue weighted by Crippen LogP contribution is 2.42. The molecule has 3 N–H and O–H groups in total. The molecule has 1 unspecified atom stereocenters. The van der Waals surface area contributed by atoms with E-state index in [9.17, 15) is 19.5 Å². The Morgan fingerprint density at radius 1 is 1.07 bits per heavy atom. The van der Waals surface area contributed by atoms with Crippen molar-refractivity contribution in [2.45, 2.75) is 78.9 Å². The number of Topliss-reactive ketones (excluding diaryl/α,β-unsaturated/α-hetero) is 1. The molecule has 1 amide bonds. The largest absolute Gasteiger partial charge is 0.493 e. The lowest BCUT2D eigenvalue weighted by Crippen LogP contribution is -2.32. The number of nitrogens with one attached hydrogen (secondary N) is 2. The van der Waals surface area contributed by atoms with Gasteiger partial charge in [-0.1, -0.05) is 27.7 Å². The summed E-state index contributed by atoms with van der Waals surface area (Å²) in [5.74, 6) is -0.293. The van der Waals surface area contributed by atoms with E-state index in [0.29, 0.717) is 54.3 Å². The molecule has 0 bridgehead atoms. The molecule has 1 fully saturated rings. The Kier molecular flexibility index (Phi) is 9.67. The molecule has 1 atom stereocenters. The summed E-state index contributed by atoms with van der Waals surface area (Å²) in [5, 5.41) is 21.4. The fourth-order valence-corrected chi connectivity index (χ4v) is 5.63. The summed E-state index contributed by atoms with van der Waals surface area (Å²) in [6, 6.07) is 7.11. The van der Waals surface area contributed by atoms with Gasteiger partial charge in [0, 0.05) is 42.9 Å². The molecular formula is C33H44N4O6. The van der Waals surface area contributed by atoms with E-state index >= 15 is 0 Å². The van der Waals surface area contributed by atoms with Gasteiger partial charge in [0.05, 0.1) is 24.4 Å². The molecule has 43 heavy (non-hydrogen) atoms. The van der Waals surface area contributed by atoms with Gasteiger partial charge < -0.3 is 29.7 Å². The fraction of sp³-hybridized carbons (Fsp3) is 0.515. The van der Waals surface area contributed by atoms with Crippen LogP contribution in [0.4, 0.5) is 5.69 Å². The summed E-state index contributed by atoms with van der Waals surface area (Å²) in [4.78, 5) is 42.4. The van der Waals surface area contributed by atoms with E-state index in [2.05, 4.69) is 10.2 Å². The van der Waals surface area contributed by atoms with Crippen LogP contribution in [0, 0.1) is 5.41 Å². The highest BCUT2D eigenvalue weighted by atomic mass is 16.5. The number of ether oxygens (including phenoxy) is 2. The van der Waals surface area contributed by atoms with Crippen LogP contribution >= 0.6 is 0 Å². The van der Waals surface area contributed by atoms with Gasteiger partial charge in [-0.2, -0.15) is 0 Å². The van der Waals surface area contributed by atoms with Gasteiger partial charge in [-0.25, -0.2) is 4.79 Å². The van der Waals surface area contributed by atoms with Crippen LogP contribution in [0.3, 0.4) is 0 Å². The molecular weight excluding hydrogens is 548 g/mol. The van der Waals surface area contributed by atoms with Gasteiger partial charge in [-0.05, 0) is 68.4 Å². The van der Waals surface area contributed by atoms with Crippen LogP contribution in [-0.4, -0.2) is 72.4 Å². The molecule has 2 aliphatic rings. The van der Waals surface area contributed by atoms with Crippen molar-refractivity contribution in [3.05, 3.63) is 52.1 Å². The van der Waals surface area contributed by atoms with Crippen molar-refractivity contribution >= 4 is 29.2 Å². The normalized spacial score (nSPS) is 15.3. The van der Waals surface area contributed by atoms with Gasteiger partial charge in [0.25, 0.3) is 5.91 Å². The smallest absolute Gasteiger partial charge is 0.344 e. The second kappa shape index (κ2) is 13.1. The van der Waals surface area contributed by atoms with Crippen molar-refractivity contribution in [2.24, 2.45) is 0 Å². The summed E-state index contributed by atoms with van der Waals surface area (Å²) in [7, 11) is 0. The highest BCUT2D eigenvalue weighted by molar-refractivity contribution is 6.08. The Bertz CT molecular complexity index is 1410. The molecule has 232 valence electrons. The van der Waals surface area contributed by atoms with E-state index in [1.165, 1.54) is 0 Å². The highest BCUT2D eigenvalue weighted by Gasteiger charge is 2.33. The molecule has 0 radical (unpaired) electrons. The van der Waals surface area contributed by atoms with E-state index in [-0.39, 0.29) is 24.1 Å². The third-order valence-electron chi connectivity index (χ3n) is 7.91. The van der Waals surface area contributed by atoms with Crippen molar-refractivity contribution in [3.63, 3.8) is 0 Å². The summed E-state index contributed by atoms with van der Waals surface area (Å²) >= 11 is 0. The minimum Gasteiger partial charge on any atom is -0.493 e. The quantitative estimate of drug-likeness (QED) is 0.294. The average Bonchev–Trinajstić information content (AvgIpc) is 3.59. The molecule has 1 saturated heterocycles. The number of carboxylic acids is 1. The summed E-state index contributed by atoms with van der Waals surface area (Å²) < 4.78 is 11.9. The number of amidine groups is 1. The maximum absolute atomic E-state index is 13.9. The van der Waals surface area contributed by atoms with Crippen LogP contribution in [0.5, 0.6) is 11.5 Å². The van der Waals surface area contributed by atoms with Crippen LogP contribution in [0.2, 0.25) is 0 Å². The summed E-state index contributed by atoms with van der Waals surface area (Å²) in [6.45, 7) is 14.3. The summed E-state index contributed by atoms with van der Waals surface area (Å²) in [6.07, 6.45) is 1.32. The van der Waals surface area contributed by atoms with Crippen molar-refractivity contribution in [2.75, 3.05) is 37.7 Å². The maximum atomic E-state index is 13.9. The minimum atomic E-state index is -1.02. The lowest BCUT2D eigenvalue weighted by Gasteiger charge is -2.31. The second-order valence-electron chi connectivity index (χ2n) is 12.1. The first-order valence-electron chi connectivity index (χ1n) is 15.2. The number of amides is 1. The molecule has 0 saturated carbocycles. The topological polar surface area (TPSA) is 132 Å². The molecule has 10 heteroatoms. The first-order valence-corrected chi connectivity index (χ1v) is 15.2. The number of carbonyl (C=O) groups excluding carboxylic acids is 2. The number of ketones is 1. The lowest BCUT2D eigenvalue weighted by molar-refractivity contribution is -0.145. The van der Waals surface area contributed by atoms with Gasteiger partial charge in [-0.3, -0.25) is 15.0 Å². The third kappa shape index (κ3) is 6.78. The maximum Gasteiger partial charge on any atom is 0.344 e. The monoisotopic (exact) mass is 592 g/mol. The number of hydrogen-bond acceptors (Lipinski definition) is 7. The van der Waals surface area contributed by atoms with Gasteiger partial charge in [-0.15, -0.1) is 0 Å². The molecule has 0 spiro atoms. The van der Waals surface area contributed by atoms with Gasteiger partial charge >= 0.3 is 5.97 Å². The molecule has 4 rings (SSSR count). The van der Waals surface area contributed by atoms with Gasteiger partial charge in [0.2, 0.25) is 0 Å². The molecule has 2 aromatic carbocycles. The van der Waals surface area contributed by atoms with E-state index in [1.54, 1.807) is 24.0 Å². The van der Waals surface area contributed by atoms with Gasteiger partial charge in [0.15, 0.2) is 11.9 Å². The molecule has 2 aromatic rings. The SMILES string of the molecule is CCNC(=O)c1cc2c(cc1OCC)CN(CC(=O)c1cc(N3CCCC3)c(OC(CC)C(=O)O)c(C(C)(C)C)c1)C2=N. The molecule has 10 nitrogen and oxygen atoms in total. The van der Waals surface area contributed by atoms with Crippen molar-refractivity contribution in [3.8, 4) is 11.5 Å². The van der Waals surface area contributed by atoms with E-state index in [4.69, 9.17) is 14.9 Å². The zero-order valence-corrected chi connectivity index (χ0v) is 26.1. The van der Waals surface area contributed by atoms with Crippen LogP contribution in [0.15, 0.2) is 24.3 Å². The van der Waals surface area contributed by atoms with Crippen LogP contribution in [0.1, 0.15) is 98.2 Å². The molecule has 2 aliphatic heterocycles. The van der Waals surface area contributed by atoms with E-state index in [1.807, 2.05) is 46.8 Å². The molecule has 0 aliphatic carbocycles. The Morgan fingerprint density at radius 3 is 2.35 bits per heavy atom. The Hall–Kier alpha value is -4.08. The number of rotatable bonds is 12. The average molecular weight is 593 g/mol. The predicted octanol–water partition coefficient (Wildman–Crippen LogP) is 5.00. The molecule has 0 aromatic heterocycles. The number of fused-ring (bicyclic) bond motifs is 1. The standard InChI is InChI=1S/C33H44N4O6/c1-7-27(32(40)41)43-29-24(33(4,5)6)14-20(15-25(29)36-12-10-11-13-36)26(38)19-37-18-21-16-28(42-9-3)23(31(39)35-8-2)17-22(21)30(37)34/h14-17,27,34H,7-13,18-19H2,1-6H3,(H,35,39)(H,40,41). The number of hydrogen-bond donors (Lipinski definition) is 3. The van der Waals surface area contributed by atoms with Crippen LogP contribution in [-0.2, 0) is 16.8 Å². The number of carboxylic acid groups (broad SMARTS) is 1. The van der Waals surface area contributed by atoms with E-state index < -0.39 is 17.5 Å². The van der Waals surface area contributed by atoms with Crippen molar-refractivity contribution < 1.29 is 29.0 Å². The number of benzene rings is 2. The van der Waals surface area contributed by atoms with Crippen LogP contribution in [0.25, 0.3) is 0 Å². The van der Waals surface area contributed by atoms with Crippen LogP contribution < -0.4 is 19.7 Å². The van der Waals surface area contributed by atoms with Gasteiger partial charge in [0.1, 0.15) is 17.3 Å². The third-order valence-corrected chi connectivity index (χ3v) is 7.91. The number of nitrogens with zero attached hydrogens (tertiary/aromatic N) is 2. The Balaban J connectivity index is 1.69. The van der Waals surface area contributed by atoms with Crippen molar-refractivity contribution in [1.29, 1.82) is 5.41 Å². The number of carbonyl (C=O) groups is 3. The lowest BCUT2D eigenvalue weighted by atomic mass is 9.84. The van der Waals surface area contributed by atoms with Crippen molar-refractivity contribution in [1.82, 2.24) is 10.2 Å². The summed E-state index contributed by atoms with van der Waals surface area (Å²) in [5.41, 5.74) is 3.36. The second-order valence-corrected chi connectivity index (χ2v) is 12.1. The fourth-order valence-electron chi connectivity index (χ4n) is 5.63. The molecule has 2 heterocycles. The zero-order chi connectivity index (χ0) is 31.5. The van der Waals surface area contributed by atoms with E-state index in [0.717, 1.165) is 42.7 Å². The number of aliphatic carboxylic acids is 1. The zero-order valence-electron chi connectivity index (χ0n) is 26.1. The predicted molar refractivity (Wildman–Crippen MR) is 166 cm³/mol. The first kappa shape index (κ1) is 31.8.